The van der Waals surface area contributed by atoms with Crippen molar-refractivity contribution in [1.29, 1.82) is 0 Å². The molecule has 70 valence electrons. The Morgan fingerprint density at radius 3 is 2.83 bits per heavy atom. The molecule has 3 heteroatoms. The van der Waals surface area contributed by atoms with Crippen molar-refractivity contribution >= 4 is 11.6 Å². The summed E-state index contributed by atoms with van der Waals surface area (Å²) in [6, 6.07) is 0. The standard InChI is InChI=1S/C9H16ClNO/c10-4-1-7-12-8-9-2-5-11-6-3-9/h1,4,9,11H,2-3,5-8H2. The van der Waals surface area contributed by atoms with Crippen molar-refractivity contribution in [3.8, 4) is 0 Å². The van der Waals surface area contributed by atoms with E-state index in [0.717, 1.165) is 25.6 Å². The van der Waals surface area contributed by atoms with Crippen LogP contribution >= 0.6 is 11.6 Å². The van der Waals surface area contributed by atoms with Crippen LogP contribution in [0.4, 0.5) is 0 Å². The summed E-state index contributed by atoms with van der Waals surface area (Å²) < 4.78 is 5.41. The van der Waals surface area contributed by atoms with Gasteiger partial charge in [0.1, 0.15) is 0 Å². The fourth-order valence-corrected chi connectivity index (χ4v) is 1.46. The first-order valence-corrected chi connectivity index (χ1v) is 4.91. The molecule has 0 aromatic heterocycles. The van der Waals surface area contributed by atoms with Crippen molar-refractivity contribution in [3.05, 3.63) is 11.6 Å². The van der Waals surface area contributed by atoms with E-state index in [2.05, 4.69) is 5.32 Å². The predicted molar refractivity (Wildman–Crippen MR) is 51.4 cm³/mol. The van der Waals surface area contributed by atoms with Crippen LogP contribution in [0.25, 0.3) is 0 Å². The topological polar surface area (TPSA) is 21.3 Å². The summed E-state index contributed by atoms with van der Waals surface area (Å²) in [7, 11) is 0. The van der Waals surface area contributed by atoms with Crippen molar-refractivity contribution < 1.29 is 4.74 Å². The zero-order valence-corrected chi connectivity index (χ0v) is 8.02. The summed E-state index contributed by atoms with van der Waals surface area (Å²) in [5, 5.41) is 3.33. The molecule has 0 aliphatic carbocycles. The summed E-state index contributed by atoms with van der Waals surface area (Å²) in [5.74, 6) is 0.745. The second-order valence-corrected chi connectivity index (χ2v) is 3.34. The lowest BCUT2D eigenvalue weighted by Crippen LogP contribution is -2.29. The number of piperidine rings is 1. The third-order valence-corrected chi connectivity index (χ3v) is 2.29. The SMILES string of the molecule is ClC=CCOCC1CCNCC1. The van der Waals surface area contributed by atoms with Crippen LogP contribution in [-0.2, 0) is 4.74 Å². The van der Waals surface area contributed by atoms with Crippen molar-refractivity contribution in [2.45, 2.75) is 12.8 Å². The van der Waals surface area contributed by atoms with E-state index in [0.29, 0.717) is 6.61 Å². The van der Waals surface area contributed by atoms with Gasteiger partial charge < -0.3 is 10.1 Å². The molecule has 1 heterocycles. The molecule has 1 aliphatic heterocycles. The summed E-state index contributed by atoms with van der Waals surface area (Å²) in [6.45, 7) is 3.80. The van der Waals surface area contributed by atoms with Crippen molar-refractivity contribution in [3.63, 3.8) is 0 Å². The fraction of sp³-hybridized carbons (Fsp3) is 0.778. The largest absolute Gasteiger partial charge is 0.377 e. The van der Waals surface area contributed by atoms with Crippen LogP contribution in [0.1, 0.15) is 12.8 Å². The third kappa shape index (κ3) is 4.10. The zero-order valence-electron chi connectivity index (χ0n) is 7.26. The molecule has 1 rings (SSSR count). The molecule has 1 N–H and O–H groups in total. The van der Waals surface area contributed by atoms with Gasteiger partial charge in [-0.25, -0.2) is 0 Å². The Kier molecular flexibility index (Phi) is 5.41. The van der Waals surface area contributed by atoms with Gasteiger partial charge in [0.05, 0.1) is 6.61 Å². The van der Waals surface area contributed by atoms with Crippen LogP contribution in [0.15, 0.2) is 11.6 Å². The van der Waals surface area contributed by atoms with Crippen LogP contribution in [0.2, 0.25) is 0 Å². The van der Waals surface area contributed by atoms with Gasteiger partial charge in [0, 0.05) is 12.1 Å². The number of rotatable bonds is 4. The Morgan fingerprint density at radius 2 is 2.17 bits per heavy atom. The first kappa shape index (κ1) is 10.0. The number of nitrogens with one attached hydrogen (secondary N) is 1. The lowest BCUT2D eigenvalue weighted by atomic mass is 9.99. The van der Waals surface area contributed by atoms with Gasteiger partial charge in [-0.15, -0.1) is 0 Å². The van der Waals surface area contributed by atoms with Crippen LogP contribution in [0.3, 0.4) is 0 Å². The van der Waals surface area contributed by atoms with Crippen LogP contribution in [-0.4, -0.2) is 26.3 Å². The third-order valence-electron chi connectivity index (χ3n) is 2.12. The summed E-state index contributed by atoms with van der Waals surface area (Å²) in [5.41, 5.74) is 1.50. The minimum atomic E-state index is 0.646. The minimum absolute atomic E-state index is 0.646. The highest BCUT2D eigenvalue weighted by Crippen LogP contribution is 2.11. The average molecular weight is 190 g/mol. The Balaban J connectivity index is 1.97. The quantitative estimate of drug-likeness (QED) is 0.681. The summed E-state index contributed by atoms with van der Waals surface area (Å²) >= 11 is 5.35. The van der Waals surface area contributed by atoms with E-state index in [4.69, 9.17) is 16.3 Å². The fourth-order valence-electron chi connectivity index (χ4n) is 1.39. The van der Waals surface area contributed by atoms with Crippen molar-refractivity contribution in [2.24, 2.45) is 5.92 Å². The van der Waals surface area contributed by atoms with Crippen LogP contribution in [0.5, 0.6) is 0 Å². The Bertz CT molecular complexity index is 132. The van der Waals surface area contributed by atoms with Crippen LogP contribution in [0, 0.1) is 5.92 Å². The van der Waals surface area contributed by atoms with Gasteiger partial charge in [-0.2, -0.15) is 0 Å². The van der Waals surface area contributed by atoms with E-state index < -0.39 is 0 Å². The van der Waals surface area contributed by atoms with Gasteiger partial charge in [-0.3, -0.25) is 0 Å². The molecule has 1 fully saturated rings. The van der Waals surface area contributed by atoms with Gasteiger partial charge in [0.2, 0.25) is 0 Å². The van der Waals surface area contributed by atoms with E-state index in [-0.39, 0.29) is 0 Å². The van der Waals surface area contributed by atoms with Crippen molar-refractivity contribution in [1.82, 2.24) is 5.32 Å². The zero-order chi connectivity index (χ0) is 8.65. The highest BCUT2D eigenvalue weighted by molar-refractivity contribution is 6.25. The molecule has 1 aliphatic rings. The minimum Gasteiger partial charge on any atom is -0.377 e. The molecule has 12 heavy (non-hydrogen) atoms. The second kappa shape index (κ2) is 6.46. The summed E-state index contributed by atoms with van der Waals surface area (Å²) in [4.78, 5) is 0. The van der Waals surface area contributed by atoms with Crippen LogP contribution < -0.4 is 5.32 Å². The van der Waals surface area contributed by atoms with Gasteiger partial charge in [-0.1, -0.05) is 11.6 Å². The lowest BCUT2D eigenvalue weighted by Gasteiger charge is -2.21. The molecule has 0 unspecified atom stereocenters. The number of hydrogen-bond acceptors (Lipinski definition) is 2. The molecule has 0 amide bonds. The van der Waals surface area contributed by atoms with E-state index >= 15 is 0 Å². The van der Waals surface area contributed by atoms with E-state index in [1.807, 2.05) is 6.08 Å². The Labute approximate surface area is 78.9 Å². The predicted octanol–water partition coefficient (Wildman–Crippen LogP) is 1.76. The smallest absolute Gasteiger partial charge is 0.0659 e. The van der Waals surface area contributed by atoms with E-state index in [9.17, 15) is 0 Å². The van der Waals surface area contributed by atoms with E-state index in [1.165, 1.54) is 18.4 Å². The lowest BCUT2D eigenvalue weighted by molar-refractivity contribution is 0.109. The second-order valence-electron chi connectivity index (χ2n) is 3.09. The highest BCUT2D eigenvalue weighted by Gasteiger charge is 2.11. The molecule has 0 aromatic rings. The van der Waals surface area contributed by atoms with Gasteiger partial charge >= 0.3 is 0 Å². The molecule has 0 spiro atoms. The summed E-state index contributed by atoms with van der Waals surface area (Å²) in [6.07, 6.45) is 4.30. The van der Waals surface area contributed by atoms with Gasteiger partial charge in [0.15, 0.2) is 0 Å². The van der Waals surface area contributed by atoms with Crippen molar-refractivity contribution in [2.75, 3.05) is 26.3 Å². The maximum absolute atomic E-state index is 5.41. The highest BCUT2D eigenvalue weighted by atomic mass is 35.5. The molecule has 0 atom stereocenters. The normalized spacial score (nSPS) is 20.4. The first-order valence-electron chi connectivity index (χ1n) is 4.47. The molecule has 0 radical (unpaired) electrons. The Hall–Kier alpha value is -0.0500. The average Bonchev–Trinajstić information content (AvgIpc) is 2.14. The monoisotopic (exact) mass is 189 g/mol. The molecule has 2 nitrogen and oxygen atoms in total. The number of halogens is 1. The molecule has 1 saturated heterocycles. The van der Waals surface area contributed by atoms with Gasteiger partial charge in [-0.05, 0) is 37.9 Å². The number of hydrogen-bond donors (Lipinski definition) is 1. The molecular formula is C9H16ClNO. The maximum Gasteiger partial charge on any atom is 0.0659 e. The molecule has 0 aromatic carbocycles. The van der Waals surface area contributed by atoms with Gasteiger partial charge in [0.25, 0.3) is 0 Å². The number of ether oxygens (including phenoxy) is 1. The first-order chi connectivity index (χ1) is 5.93. The molecule has 0 saturated carbocycles. The van der Waals surface area contributed by atoms with E-state index in [1.54, 1.807) is 0 Å². The molecule has 0 bridgehead atoms. The maximum atomic E-state index is 5.41. The Morgan fingerprint density at radius 1 is 1.42 bits per heavy atom. The molecular weight excluding hydrogens is 174 g/mol.